The minimum atomic E-state index is -0.180. The molecule has 2 rings (SSSR count). The van der Waals surface area contributed by atoms with E-state index in [2.05, 4.69) is 4.90 Å². The molecular formula is C12H18ClFN2O. The molecule has 96 valence electrons. The topological polar surface area (TPSA) is 38.5 Å². The van der Waals surface area contributed by atoms with Crippen molar-refractivity contribution in [2.24, 2.45) is 5.73 Å². The van der Waals surface area contributed by atoms with Crippen molar-refractivity contribution in [3.05, 3.63) is 35.6 Å². The molecule has 1 fully saturated rings. The van der Waals surface area contributed by atoms with Crippen LogP contribution in [0.2, 0.25) is 0 Å². The number of nitrogens with two attached hydrogens (primary N) is 1. The Kier molecular flexibility index (Phi) is 5.85. The lowest BCUT2D eigenvalue weighted by atomic mass is 10.2. The van der Waals surface area contributed by atoms with E-state index in [1.807, 2.05) is 6.07 Å². The van der Waals surface area contributed by atoms with Crippen LogP contribution in [0, 0.1) is 5.82 Å². The third kappa shape index (κ3) is 4.24. The summed E-state index contributed by atoms with van der Waals surface area (Å²) < 4.78 is 18.5. The van der Waals surface area contributed by atoms with Gasteiger partial charge in [-0.2, -0.15) is 0 Å². The van der Waals surface area contributed by atoms with Crippen LogP contribution in [0.15, 0.2) is 24.3 Å². The highest BCUT2D eigenvalue weighted by atomic mass is 35.5. The summed E-state index contributed by atoms with van der Waals surface area (Å²) in [6.07, 6.45) is 0.113. The van der Waals surface area contributed by atoms with Gasteiger partial charge in [0.05, 0.1) is 12.7 Å². The van der Waals surface area contributed by atoms with E-state index < -0.39 is 0 Å². The van der Waals surface area contributed by atoms with Crippen LogP contribution in [0.4, 0.5) is 4.39 Å². The fourth-order valence-corrected chi connectivity index (χ4v) is 1.96. The molecule has 0 aromatic heterocycles. The fourth-order valence-electron chi connectivity index (χ4n) is 1.96. The molecule has 0 amide bonds. The molecule has 1 saturated heterocycles. The van der Waals surface area contributed by atoms with Gasteiger partial charge in [-0.05, 0) is 17.7 Å². The zero-order chi connectivity index (χ0) is 11.4. The molecular weight excluding hydrogens is 243 g/mol. The van der Waals surface area contributed by atoms with Gasteiger partial charge in [0.2, 0.25) is 0 Å². The summed E-state index contributed by atoms with van der Waals surface area (Å²) in [6, 6.07) is 6.72. The molecule has 3 nitrogen and oxygen atoms in total. The summed E-state index contributed by atoms with van der Waals surface area (Å²) in [7, 11) is 0. The Morgan fingerprint density at radius 2 is 2.29 bits per heavy atom. The van der Waals surface area contributed by atoms with E-state index in [-0.39, 0.29) is 24.3 Å². The quantitative estimate of drug-likeness (QED) is 0.893. The second kappa shape index (κ2) is 6.91. The van der Waals surface area contributed by atoms with Gasteiger partial charge in [-0.1, -0.05) is 12.1 Å². The Morgan fingerprint density at radius 3 is 3.00 bits per heavy atom. The Balaban J connectivity index is 0.00000144. The van der Waals surface area contributed by atoms with Gasteiger partial charge in [-0.3, -0.25) is 4.90 Å². The van der Waals surface area contributed by atoms with Gasteiger partial charge in [0.15, 0.2) is 0 Å². The van der Waals surface area contributed by atoms with Crippen LogP contribution >= 0.6 is 12.4 Å². The molecule has 1 aromatic carbocycles. The van der Waals surface area contributed by atoms with Crippen LogP contribution in [-0.2, 0) is 11.3 Å². The van der Waals surface area contributed by atoms with Gasteiger partial charge >= 0.3 is 0 Å². The van der Waals surface area contributed by atoms with Crippen molar-refractivity contribution >= 4 is 12.4 Å². The smallest absolute Gasteiger partial charge is 0.123 e. The molecule has 1 unspecified atom stereocenters. The summed E-state index contributed by atoms with van der Waals surface area (Å²) in [5.74, 6) is -0.180. The summed E-state index contributed by atoms with van der Waals surface area (Å²) in [4.78, 5) is 2.25. The normalized spacial score (nSPS) is 20.9. The number of hydrogen-bond donors (Lipinski definition) is 1. The molecule has 0 bridgehead atoms. The van der Waals surface area contributed by atoms with E-state index in [1.165, 1.54) is 6.07 Å². The molecule has 1 aromatic rings. The molecule has 5 heteroatoms. The average molecular weight is 261 g/mol. The second-order valence-corrected chi connectivity index (χ2v) is 4.09. The minimum absolute atomic E-state index is 0. The lowest BCUT2D eigenvalue weighted by Gasteiger charge is -2.32. The number of ether oxygens (including phenoxy) is 1. The van der Waals surface area contributed by atoms with E-state index in [0.29, 0.717) is 13.2 Å². The van der Waals surface area contributed by atoms with Crippen molar-refractivity contribution in [3.63, 3.8) is 0 Å². The van der Waals surface area contributed by atoms with E-state index in [1.54, 1.807) is 12.1 Å². The van der Waals surface area contributed by atoms with Crippen LogP contribution in [0.3, 0.4) is 0 Å². The van der Waals surface area contributed by atoms with E-state index >= 15 is 0 Å². The van der Waals surface area contributed by atoms with Crippen molar-refractivity contribution in [1.29, 1.82) is 0 Å². The van der Waals surface area contributed by atoms with Crippen molar-refractivity contribution < 1.29 is 9.13 Å². The average Bonchev–Trinajstić information content (AvgIpc) is 2.29. The largest absolute Gasteiger partial charge is 0.374 e. The first-order chi connectivity index (χ1) is 7.78. The second-order valence-electron chi connectivity index (χ2n) is 4.09. The highest BCUT2D eigenvalue weighted by Crippen LogP contribution is 2.11. The van der Waals surface area contributed by atoms with Crippen molar-refractivity contribution in [2.45, 2.75) is 12.6 Å². The monoisotopic (exact) mass is 260 g/mol. The molecule has 0 radical (unpaired) electrons. The van der Waals surface area contributed by atoms with Gasteiger partial charge in [0.25, 0.3) is 0 Å². The zero-order valence-corrected chi connectivity index (χ0v) is 10.5. The molecule has 1 atom stereocenters. The van der Waals surface area contributed by atoms with Crippen molar-refractivity contribution in [3.8, 4) is 0 Å². The maximum atomic E-state index is 13.0. The predicted molar refractivity (Wildman–Crippen MR) is 67.7 cm³/mol. The van der Waals surface area contributed by atoms with Gasteiger partial charge < -0.3 is 10.5 Å². The van der Waals surface area contributed by atoms with E-state index in [9.17, 15) is 4.39 Å². The lowest BCUT2D eigenvalue weighted by molar-refractivity contribution is -0.0260. The number of halogens is 2. The van der Waals surface area contributed by atoms with Gasteiger partial charge in [-0.15, -0.1) is 12.4 Å². The standard InChI is InChI=1S/C12H17FN2O.ClH/c13-11-3-1-2-10(6-11)8-15-4-5-16-12(7-14)9-15;/h1-3,6,12H,4-5,7-9,14H2;1H. The van der Waals surface area contributed by atoms with E-state index in [4.69, 9.17) is 10.5 Å². The Hall–Kier alpha value is -0.680. The van der Waals surface area contributed by atoms with E-state index in [0.717, 1.165) is 25.2 Å². The minimum Gasteiger partial charge on any atom is -0.374 e. The number of rotatable bonds is 3. The summed E-state index contributed by atoms with van der Waals surface area (Å²) in [5, 5.41) is 0. The number of hydrogen-bond acceptors (Lipinski definition) is 3. The predicted octanol–water partition coefficient (Wildman–Crippen LogP) is 1.41. The molecule has 0 spiro atoms. The third-order valence-corrected chi connectivity index (χ3v) is 2.78. The molecule has 0 saturated carbocycles. The zero-order valence-electron chi connectivity index (χ0n) is 9.64. The number of nitrogens with zero attached hydrogens (tertiary/aromatic N) is 1. The maximum absolute atomic E-state index is 13.0. The van der Waals surface area contributed by atoms with Gasteiger partial charge in [0, 0.05) is 26.2 Å². The fraction of sp³-hybridized carbons (Fsp3) is 0.500. The Morgan fingerprint density at radius 1 is 1.47 bits per heavy atom. The Bertz CT molecular complexity index is 351. The summed E-state index contributed by atoms with van der Waals surface area (Å²) in [5.41, 5.74) is 6.57. The highest BCUT2D eigenvalue weighted by molar-refractivity contribution is 5.85. The molecule has 1 aliphatic heterocycles. The first-order valence-electron chi connectivity index (χ1n) is 5.56. The molecule has 1 aliphatic rings. The molecule has 17 heavy (non-hydrogen) atoms. The van der Waals surface area contributed by atoms with Crippen molar-refractivity contribution in [1.82, 2.24) is 4.90 Å². The van der Waals surface area contributed by atoms with Crippen molar-refractivity contribution in [2.75, 3.05) is 26.2 Å². The summed E-state index contributed by atoms with van der Waals surface area (Å²) >= 11 is 0. The van der Waals surface area contributed by atoms with Crippen LogP contribution in [0.5, 0.6) is 0 Å². The van der Waals surface area contributed by atoms with Gasteiger partial charge in [0.1, 0.15) is 5.82 Å². The maximum Gasteiger partial charge on any atom is 0.123 e. The SMILES string of the molecule is Cl.NCC1CN(Cc2cccc(F)c2)CCO1. The molecule has 0 aliphatic carbocycles. The van der Waals surface area contributed by atoms with Crippen LogP contribution in [-0.4, -0.2) is 37.2 Å². The van der Waals surface area contributed by atoms with Crippen LogP contribution in [0.25, 0.3) is 0 Å². The highest BCUT2D eigenvalue weighted by Gasteiger charge is 2.18. The number of morpholine rings is 1. The lowest BCUT2D eigenvalue weighted by Crippen LogP contribution is -2.45. The third-order valence-electron chi connectivity index (χ3n) is 2.78. The van der Waals surface area contributed by atoms with Crippen LogP contribution < -0.4 is 5.73 Å². The molecule has 2 N–H and O–H groups in total. The molecule has 1 heterocycles. The van der Waals surface area contributed by atoms with Crippen LogP contribution in [0.1, 0.15) is 5.56 Å². The van der Waals surface area contributed by atoms with Gasteiger partial charge in [-0.25, -0.2) is 4.39 Å². The Labute approximate surface area is 107 Å². The first-order valence-corrected chi connectivity index (χ1v) is 5.56. The summed E-state index contributed by atoms with van der Waals surface area (Å²) in [6.45, 7) is 3.72. The first kappa shape index (κ1) is 14.4. The number of benzene rings is 1.